The molecule has 1 heterocycles. The molecule has 2 amide bonds. The molecule has 1 aromatic carbocycles. The van der Waals surface area contributed by atoms with Gasteiger partial charge in [-0.1, -0.05) is 19.9 Å². The van der Waals surface area contributed by atoms with E-state index in [0.29, 0.717) is 18.7 Å². The number of carbonyl (C=O) groups is 2. The number of carbonyl (C=O) groups excluding carboxylic acids is 2. The molecule has 0 spiro atoms. The quantitative estimate of drug-likeness (QED) is 0.709. The standard InChI is InChI=1S/C18H25N3O3/c1-4-21-9-7-13-5-6-14(11-15(13)21)20-17(24)16(23)19-12-18(2,3)8-10-22/h5-7,9,11,22H,4,8,10,12H2,1-3H3,(H,19,23)(H,20,24). The number of aliphatic hydroxyl groups is 1. The number of fused-ring (bicyclic) bond motifs is 1. The fraction of sp³-hybridized carbons (Fsp3) is 0.444. The highest BCUT2D eigenvalue weighted by Crippen LogP contribution is 2.21. The molecular weight excluding hydrogens is 306 g/mol. The lowest BCUT2D eigenvalue weighted by atomic mass is 9.90. The minimum Gasteiger partial charge on any atom is -0.396 e. The van der Waals surface area contributed by atoms with Gasteiger partial charge in [0.05, 0.1) is 5.52 Å². The zero-order valence-electron chi connectivity index (χ0n) is 14.4. The third kappa shape index (κ3) is 4.35. The van der Waals surface area contributed by atoms with E-state index in [1.807, 2.05) is 45.2 Å². The van der Waals surface area contributed by atoms with Crippen molar-refractivity contribution in [3.8, 4) is 0 Å². The maximum absolute atomic E-state index is 12.0. The molecule has 0 bridgehead atoms. The van der Waals surface area contributed by atoms with Crippen molar-refractivity contribution in [2.45, 2.75) is 33.7 Å². The van der Waals surface area contributed by atoms with Gasteiger partial charge in [-0.25, -0.2) is 0 Å². The number of amides is 2. The second-order valence-electron chi connectivity index (χ2n) is 6.65. The minimum atomic E-state index is -0.691. The number of hydrogen-bond donors (Lipinski definition) is 3. The Labute approximate surface area is 141 Å². The number of nitrogens with zero attached hydrogens (tertiary/aromatic N) is 1. The van der Waals surface area contributed by atoms with E-state index in [2.05, 4.69) is 15.2 Å². The monoisotopic (exact) mass is 331 g/mol. The van der Waals surface area contributed by atoms with Crippen LogP contribution >= 0.6 is 0 Å². The molecule has 2 rings (SSSR count). The fourth-order valence-corrected chi connectivity index (χ4v) is 2.52. The largest absolute Gasteiger partial charge is 0.396 e. The summed E-state index contributed by atoms with van der Waals surface area (Å²) in [6.07, 6.45) is 2.55. The van der Waals surface area contributed by atoms with Gasteiger partial charge < -0.3 is 20.3 Å². The Bertz CT molecular complexity index is 734. The predicted molar refractivity (Wildman–Crippen MR) is 94.7 cm³/mol. The molecule has 0 fully saturated rings. The Kier molecular flexibility index (Phi) is 5.62. The van der Waals surface area contributed by atoms with Crippen molar-refractivity contribution in [2.24, 2.45) is 5.41 Å². The molecule has 6 heteroatoms. The summed E-state index contributed by atoms with van der Waals surface area (Å²) >= 11 is 0. The normalized spacial score (nSPS) is 11.5. The smallest absolute Gasteiger partial charge is 0.313 e. The molecule has 0 unspecified atom stereocenters. The molecule has 130 valence electrons. The molecule has 0 radical (unpaired) electrons. The second kappa shape index (κ2) is 7.49. The van der Waals surface area contributed by atoms with Gasteiger partial charge in [0.1, 0.15) is 0 Å². The highest BCUT2D eigenvalue weighted by Gasteiger charge is 2.21. The van der Waals surface area contributed by atoms with Gasteiger partial charge in [-0.2, -0.15) is 0 Å². The Hall–Kier alpha value is -2.34. The summed E-state index contributed by atoms with van der Waals surface area (Å²) in [5.41, 5.74) is 1.34. The van der Waals surface area contributed by atoms with Gasteiger partial charge in [0.25, 0.3) is 0 Å². The van der Waals surface area contributed by atoms with E-state index in [1.165, 1.54) is 0 Å². The van der Waals surface area contributed by atoms with Crippen molar-refractivity contribution in [3.63, 3.8) is 0 Å². The summed E-state index contributed by atoms with van der Waals surface area (Å²) in [5, 5.41) is 15.3. The summed E-state index contributed by atoms with van der Waals surface area (Å²) in [7, 11) is 0. The third-order valence-corrected chi connectivity index (χ3v) is 4.09. The molecule has 2 aromatic rings. The van der Waals surface area contributed by atoms with Gasteiger partial charge in [-0.15, -0.1) is 0 Å². The van der Waals surface area contributed by atoms with E-state index in [4.69, 9.17) is 5.11 Å². The first-order chi connectivity index (χ1) is 11.4. The maximum atomic E-state index is 12.0. The van der Waals surface area contributed by atoms with Gasteiger partial charge in [0.2, 0.25) is 0 Å². The zero-order valence-corrected chi connectivity index (χ0v) is 14.4. The first kappa shape index (κ1) is 18.0. The molecule has 0 atom stereocenters. The summed E-state index contributed by atoms with van der Waals surface area (Å²) in [5.74, 6) is -1.37. The van der Waals surface area contributed by atoms with E-state index in [1.54, 1.807) is 6.07 Å². The first-order valence-electron chi connectivity index (χ1n) is 8.15. The number of hydrogen-bond acceptors (Lipinski definition) is 3. The van der Waals surface area contributed by atoms with Gasteiger partial charge in [-0.3, -0.25) is 9.59 Å². The number of aromatic nitrogens is 1. The van der Waals surface area contributed by atoms with Crippen LogP contribution in [0.25, 0.3) is 10.9 Å². The Morgan fingerprint density at radius 1 is 1.21 bits per heavy atom. The van der Waals surface area contributed by atoms with Crippen molar-refractivity contribution in [2.75, 3.05) is 18.5 Å². The van der Waals surface area contributed by atoms with E-state index >= 15 is 0 Å². The second-order valence-corrected chi connectivity index (χ2v) is 6.65. The minimum absolute atomic E-state index is 0.0478. The number of anilines is 1. The SMILES string of the molecule is CCn1ccc2ccc(NC(=O)C(=O)NCC(C)(C)CCO)cc21. The Balaban J connectivity index is 2.00. The van der Waals surface area contributed by atoms with Crippen LogP contribution in [0.15, 0.2) is 30.5 Å². The summed E-state index contributed by atoms with van der Waals surface area (Å²) in [6, 6.07) is 7.57. The summed E-state index contributed by atoms with van der Waals surface area (Å²) in [4.78, 5) is 24.0. The Morgan fingerprint density at radius 2 is 1.96 bits per heavy atom. The Morgan fingerprint density at radius 3 is 2.62 bits per heavy atom. The molecule has 3 N–H and O–H groups in total. The number of benzene rings is 1. The lowest BCUT2D eigenvalue weighted by Gasteiger charge is -2.23. The summed E-state index contributed by atoms with van der Waals surface area (Å²) < 4.78 is 2.07. The van der Waals surface area contributed by atoms with Crippen molar-refractivity contribution < 1.29 is 14.7 Å². The molecule has 0 aliphatic carbocycles. The lowest BCUT2D eigenvalue weighted by Crippen LogP contribution is -2.40. The molecule has 24 heavy (non-hydrogen) atoms. The van der Waals surface area contributed by atoms with Crippen LogP contribution in [0.4, 0.5) is 5.69 Å². The highest BCUT2D eigenvalue weighted by atomic mass is 16.3. The van der Waals surface area contributed by atoms with E-state index < -0.39 is 11.8 Å². The van der Waals surface area contributed by atoms with E-state index in [0.717, 1.165) is 17.4 Å². The number of aliphatic hydroxyl groups excluding tert-OH is 1. The van der Waals surface area contributed by atoms with E-state index in [9.17, 15) is 9.59 Å². The molecule has 1 aromatic heterocycles. The maximum Gasteiger partial charge on any atom is 0.313 e. The topological polar surface area (TPSA) is 83.4 Å². The van der Waals surface area contributed by atoms with Crippen molar-refractivity contribution in [1.29, 1.82) is 0 Å². The lowest BCUT2D eigenvalue weighted by molar-refractivity contribution is -0.136. The van der Waals surface area contributed by atoms with Gasteiger partial charge in [-0.05, 0) is 42.3 Å². The summed E-state index contributed by atoms with van der Waals surface area (Å²) in [6.45, 7) is 7.11. The predicted octanol–water partition coefficient (Wildman–Crippen LogP) is 2.12. The fourth-order valence-electron chi connectivity index (χ4n) is 2.52. The van der Waals surface area contributed by atoms with Crippen molar-refractivity contribution in [1.82, 2.24) is 9.88 Å². The van der Waals surface area contributed by atoms with Crippen LogP contribution in [-0.4, -0.2) is 34.6 Å². The third-order valence-electron chi connectivity index (χ3n) is 4.09. The molecule has 6 nitrogen and oxygen atoms in total. The van der Waals surface area contributed by atoms with Gasteiger partial charge >= 0.3 is 11.8 Å². The molecule has 0 aliphatic rings. The number of nitrogens with one attached hydrogen (secondary N) is 2. The molecule has 0 saturated carbocycles. The first-order valence-corrected chi connectivity index (χ1v) is 8.15. The molecular formula is C18H25N3O3. The van der Waals surface area contributed by atoms with Crippen LogP contribution in [0.3, 0.4) is 0 Å². The zero-order chi connectivity index (χ0) is 17.7. The molecule has 0 aliphatic heterocycles. The highest BCUT2D eigenvalue weighted by molar-refractivity contribution is 6.39. The van der Waals surface area contributed by atoms with Crippen LogP contribution in [-0.2, 0) is 16.1 Å². The van der Waals surface area contributed by atoms with Crippen LogP contribution < -0.4 is 10.6 Å². The van der Waals surface area contributed by atoms with Crippen LogP contribution in [0.5, 0.6) is 0 Å². The van der Waals surface area contributed by atoms with Crippen molar-refractivity contribution >= 4 is 28.4 Å². The van der Waals surface area contributed by atoms with Crippen molar-refractivity contribution in [3.05, 3.63) is 30.5 Å². The number of aryl methyl sites for hydroxylation is 1. The van der Waals surface area contributed by atoms with Crippen LogP contribution in [0.1, 0.15) is 27.2 Å². The van der Waals surface area contributed by atoms with Gasteiger partial charge in [0.15, 0.2) is 0 Å². The molecule has 0 saturated heterocycles. The average molecular weight is 331 g/mol. The number of rotatable bonds is 6. The van der Waals surface area contributed by atoms with E-state index in [-0.39, 0.29) is 12.0 Å². The van der Waals surface area contributed by atoms with Crippen LogP contribution in [0.2, 0.25) is 0 Å². The van der Waals surface area contributed by atoms with Crippen LogP contribution in [0, 0.1) is 5.41 Å². The van der Waals surface area contributed by atoms with Gasteiger partial charge in [0, 0.05) is 31.6 Å². The average Bonchev–Trinajstić information content (AvgIpc) is 2.94.